The SMILES string of the molecule is ClSCc1cccs1. The predicted octanol–water partition coefficient (Wildman–Crippen LogP) is 3.14. The van der Waals surface area contributed by atoms with Crippen molar-refractivity contribution in [1.82, 2.24) is 0 Å². The van der Waals surface area contributed by atoms with Crippen LogP contribution in [0.3, 0.4) is 0 Å². The van der Waals surface area contributed by atoms with E-state index < -0.39 is 0 Å². The van der Waals surface area contributed by atoms with Crippen molar-refractivity contribution in [3.63, 3.8) is 0 Å². The molecule has 3 heteroatoms. The molecule has 0 aliphatic carbocycles. The lowest BCUT2D eigenvalue weighted by Crippen LogP contribution is -1.62. The van der Waals surface area contributed by atoms with Gasteiger partial charge in [-0.1, -0.05) is 17.0 Å². The molecule has 44 valence electrons. The Hall–Kier alpha value is 0.340. The molecule has 0 aliphatic rings. The highest BCUT2D eigenvalue weighted by Crippen LogP contribution is 2.18. The molecule has 0 saturated carbocycles. The fraction of sp³-hybridized carbons (Fsp3) is 0.200. The molecule has 0 spiro atoms. The lowest BCUT2D eigenvalue weighted by atomic mass is 10.5. The second kappa shape index (κ2) is 3.38. The molecule has 0 atom stereocenters. The van der Waals surface area contributed by atoms with Crippen LogP contribution in [0.5, 0.6) is 0 Å². The summed E-state index contributed by atoms with van der Waals surface area (Å²) in [4.78, 5) is 1.34. The monoisotopic (exact) mass is 164 g/mol. The van der Waals surface area contributed by atoms with Crippen molar-refractivity contribution in [3.05, 3.63) is 22.4 Å². The first-order chi connectivity index (χ1) is 3.93. The molecule has 1 aromatic heterocycles. The molecule has 1 rings (SSSR count). The van der Waals surface area contributed by atoms with Gasteiger partial charge >= 0.3 is 0 Å². The highest BCUT2D eigenvalue weighted by Gasteiger charge is 1.88. The van der Waals surface area contributed by atoms with Crippen molar-refractivity contribution >= 4 is 33.0 Å². The molecule has 0 nitrogen and oxygen atoms in total. The summed E-state index contributed by atoms with van der Waals surface area (Å²) in [7, 11) is 6.76. The second-order valence-electron chi connectivity index (χ2n) is 1.33. The molecular weight excluding hydrogens is 160 g/mol. The van der Waals surface area contributed by atoms with Crippen LogP contribution < -0.4 is 0 Å². The Morgan fingerprint density at radius 1 is 1.75 bits per heavy atom. The van der Waals surface area contributed by atoms with Crippen molar-refractivity contribution < 1.29 is 0 Å². The van der Waals surface area contributed by atoms with Gasteiger partial charge in [-0.2, -0.15) is 0 Å². The van der Waals surface area contributed by atoms with Crippen molar-refractivity contribution in [2.24, 2.45) is 0 Å². The number of thiophene rings is 1. The Labute approximate surface area is 61.4 Å². The number of hydrogen-bond donors (Lipinski definition) is 0. The van der Waals surface area contributed by atoms with E-state index in [2.05, 4.69) is 11.4 Å². The summed E-state index contributed by atoms with van der Waals surface area (Å²) in [5, 5.41) is 2.06. The van der Waals surface area contributed by atoms with Gasteiger partial charge in [-0.15, -0.1) is 11.3 Å². The summed E-state index contributed by atoms with van der Waals surface area (Å²) in [6.07, 6.45) is 0. The van der Waals surface area contributed by atoms with Crippen LogP contribution in [0.4, 0.5) is 0 Å². The van der Waals surface area contributed by atoms with Gasteiger partial charge in [-0.25, -0.2) is 0 Å². The fourth-order valence-electron chi connectivity index (χ4n) is 0.448. The molecule has 8 heavy (non-hydrogen) atoms. The van der Waals surface area contributed by atoms with Gasteiger partial charge in [0, 0.05) is 10.6 Å². The lowest BCUT2D eigenvalue weighted by Gasteiger charge is -1.83. The molecule has 0 fully saturated rings. The average molecular weight is 165 g/mol. The third kappa shape index (κ3) is 1.69. The largest absolute Gasteiger partial charge is 0.148 e. The third-order valence-electron chi connectivity index (χ3n) is 0.777. The van der Waals surface area contributed by atoms with Crippen molar-refractivity contribution in [2.45, 2.75) is 5.75 Å². The first-order valence-corrected chi connectivity index (χ1v) is 4.88. The summed E-state index contributed by atoms with van der Waals surface area (Å²) in [5.74, 6) is 0.930. The average Bonchev–Trinajstić information content (AvgIpc) is 2.19. The Bertz CT molecular complexity index is 136. The van der Waals surface area contributed by atoms with Crippen LogP contribution in [-0.4, -0.2) is 0 Å². The summed E-state index contributed by atoms with van der Waals surface area (Å²) in [5.41, 5.74) is 0. The van der Waals surface area contributed by atoms with E-state index in [1.807, 2.05) is 6.07 Å². The molecule has 0 radical (unpaired) electrons. The summed E-state index contributed by atoms with van der Waals surface area (Å²) < 4.78 is 0. The highest BCUT2D eigenvalue weighted by molar-refractivity contribution is 8.20. The van der Waals surface area contributed by atoms with Gasteiger partial charge in [-0.3, -0.25) is 0 Å². The van der Waals surface area contributed by atoms with Crippen LogP contribution in [0.1, 0.15) is 4.88 Å². The number of halogens is 1. The predicted molar refractivity (Wildman–Crippen MR) is 41.5 cm³/mol. The van der Waals surface area contributed by atoms with Gasteiger partial charge in [0.15, 0.2) is 0 Å². The lowest BCUT2D eigenvalue weighted by molar-refractivity contribution is 1.57. The van der Waals surface area contributed by atoms with Gasteiger partial charge in [0.2, 0.25) is 0 Å². The molecule has 0 N–H and O–H groups in total. The van der Waals surface area contributed by atoms with Crippen LogP contribution in [0.25, 0.3) is 0 Å². The third-order valence-corrected chi connectivity index (χ3v) is 2.58. The summed E-state index contributed by atoms with van der Waals surface area (Å²) >= 11 is 1.74. The van der Waals surface area contributed by atoms with E-state index in [0.29, 0.717) is 0 Å². The highest BCUT2D eigenvalue weighted by atomic mass is 35.7. The molecule has 0 amide bonds. The van der Waals surface area contributed by atoms with E-state index in [-0.39, 0.29) is 0 Å². The standard InChI is InChI=1S/C5H5ClS2/c6-8-4-5-2-1-3-7-5/h1-3H,4H2. The maximum absolute atomic E-state index is 5.42. The van der Waals surface area contributed by atoms with E-state index >= 15 is 0 Å². The zero-order valence-electron chi connectivity index (χ0n) is 4.13. The van der Waals surface area contributed by atoms with Crippen molar-refractivity contribution in [2.75, 3.05) is 0 Å². The van der Waals surface area contributed by atoms with E-state index in [1.165, 1.54) is 15.9 Å². The topological polar surface area (TPSA) is 0 Å². The van der Waals surface area contributed by atoms with Gasteiger partial charge in [0.05, 0.1) is 0 Å². The van der Waals surface area contributed by atoms with E-state index in [0.717, 1.165) is 5.75 Å². The molecule has 1 heterocycles. The quantitative estimate of drug-likeness (QED) is 0.647. The van der Waals surface area contributed by atoms with Crippen molar-refractivity contribution in [3.8, 4) is 0 Å². The van der Waals surface area contributed by atoms with Gasteiger partial charge in [0.1, 0.15) is 0 Å². The summed E-state index contributed by atoms with van der Waals surface area (Å²) in [6, 6.07) is 4.12. The molecular formula is C5H5ClS2. The molecule has 0 unspecified atom stereocenters. The fourth-order valence-corrected chi connectivity index (χ4v) is 2.14. The number of rotatable bonds is 2. The van der Waals surface area contributed by atoms with Crippen LogP contribution in [0, 0.1) is 0 Å². The molecule has 0 aromatic carbocycles. The number of hydrogen-bond acceptors (Lipinski definition) is 2. The Balaban J connectivity index is 2.50. The summed E-state index contributed by atoms with van der Waals surface area (Å²) in [6.45, 7) is 0. The molecule has 0 aliphatic heterocycles. The van der Waals surface area contributed by atoms with Gasteiger partial charge in [0.25, 0.3) is 0 Å². The Kier molecular flexibility index (Phi) is 2.73. The van der Waals surface area contributed by atoms with Crippen molar-refractivity contribution in [1.29, 1.82) is 0 Å². The maximum atomic E-state index is 5.42. The molecule has 1 aromatic rings. The van der Waals surface area contributed by atoms with E-state index in [9.17, 15) is 0 Å². The minimum absolute atomic E-state index is 0.930. The first kappa shape index (κ1) is 6.46. The van der Waals surface area contributed by atoms with Gasteiger partial charge in [-0.05, 0) is 22.1 Å². The Morgan fingerprint density at radius 3 is 3.12 bits per heavy atom. The molecule has 0 bridgehead atoms. The normalized spacial score (nSPS) is 9.62. The minimum atomic E-state index is 0.930. The van der Waals surface area contributed by atoms with Crippen LogP contribution in [0.2, 0.25) is 0 Å². The Morgan fingerprint density at radius 2 is 2.62 bits per heavy atom. The van der Waals surface area contributed by atoms with E-state index in [4.69, 9.17) is 10.7 Å². The van der Waals surface area contributed by atoms with Crippen LogP contribution >= 0.6 is 33.0 Å². The van der Waals surface area contributed by atoms with Crippen LogP contribution in [-0.2, 0) is 5.75 Å². The first-order valence-electron chi connectivity index (χ1n) is 2.19. The molecule has 0 saturated heterocycles. The zero-order valence-corrected chi connectivity index (χ0v) is 6.52. The smallest absolute Gasteiger partial charge is 0.0431 e. The zero-order chi connectivity index (χ0) is 5.82. The van der Waals surface area contributed by atoms with Gasteiger partial charge < -0.3 is 0 Å². The van der Waals surface area contributed by atoms with Crippen LogP contribution in [0.15, 0.2) is 17.5 Å². The second-order valence-corrected chi connectivity index (χ2v) is 3.53. The maximum Gasteiger partial charge on any atom is 0.0431 e. The van der Waals surface area contributed by atoms with E-state index in [1.54, 1.807) is 11.3 Å². The minimum Gasteiger partial charge on any atom is -0.148 e.